The minimum Gasteiger partial charge on any atom is -0.481 e. The number of nitro benzene ring substituents is 1. The molecule has 5 heteroatoms. The molecule has 0 aliphatic heterocycles. The fraction of sp³-hybridized carbons (Fsp3) is 0.250. The quantitative estimate of drug-likeness (QED) is 0.642. The Morgan fingerprint density at radius 1 is 1.41 bits per heavy atom. The summed E-state index contributed by atoms with van der Waals surface area (Å²) in [4.78, 5) is 20.7. The molecule has 1 aromatic carbocycles. The zero-order chi connectivity index (χ0) is 13.0. The van der Waals surface area contributed by atoms with Gasteiger partial charge in [-0.2, -0.15) is 0 Å². The Hall–Kier alpha value is -2.17. The van der Waals surface area contributed by atoms with Gasteiger partial charge in [0.25, 0.3) is 5.69 Å². The molecule has 1 aromatic rings. The Bertz CT molecular complexity index is 492. The third-order valence-corrected chi connectivity index (χ3v) is 2.37. The van der Waals surface area contributed by atoms with Gasteiger partial charge in [0.2, 0.25) is 0 Å². The number of carbonyl (C=O) groups is 1. The van der Waals surface area contributed by atoms with Crippen molar-refractivity contribution in [1.82, 2.24) is 0 Å². The number of benzene rings is 1. The van der Waals surface area contributed by atoms with Crippen LogP contribution in [0.25, 0.3) is 6.08 Å². The van der Waals surface area contributed by atoms with Crippen LogP contribution in [0, 0.1) is 24.0 Å². The summed E-state index contributed by atoms with van der Waals surface area (Å²) in [5.41, 5.74) is 2.20. The van der Waals surface area contributed by atoms with E-state index >= 15 is 0 Å². The summed E-state index contributed by atoms with van der Waals surface area (Å²) >= 11 is 0. The molecule has 0 saturated carbocycles. The van der Waals surface area contributed by atoms with Gasteiger partial charge in [-0.3, -0.25) is 14.9 Å². The second-order valence-electron chi connectivity index (χ2n) is 3.75. The molecule has 0 aliphatic rings. The lowest BCUT2D eigenvalue weighted by atomic mass is 10.0. The predicted molar refractivity (Wildman–Crippen MR) is 63.9 cm³/mol. The number of carboxylic acids is 1. The fourth-order valence-electron chi connectivity index (χ4n) is 1.52. The number of nitrogens with zero attached hydrogens (tertiary/aromatic N) is 1. The lowest BCUT2D eigenvalue weighted by Crippen LogP contribution is -1.94. The van der Waals surface area contributed by atoms with Crippen molar-refractivity contribution < 1.29 is 14.8 Å². The SMILES string of the molecule is Cc1cc(C)c([N+](=O)[O-])cc1C=CCC(=O)O. The van der Waals surface area contributed by atoms with Gasteiger partial charge in [0.05, 0.1) is 11.3 Å². The van der Waals surface area contributed by atoms with E-state index in [1.807, 2.05) is 6.92 Å². The van der Waals surface area contributed by atoms with Gasteiger partial charge in [0, 0.05) is 11.6 Å². The topological polar surface area (TPSA) is 80.4 Å². The van der Waals surface area contributed by atoms with E-state index in [0.29, 0.717) is 11.1 Å². The van der Waals surface area contributed by atoms with Gasteiger partial charge in [0.15, 0.2) is 0 Å². The van der Waals surface area contributed by atoms with E-state index in [2.05, 4.69) is 0 Å². The van der Waals surface area contributed by atoms with Crippen LogP contribution in [-0.4, -0.2) is 16.0 Å². The Kier molecular flexibility index (Phi) is 3.98. The highest BCUT2D eigenvalue weighted by Gasteiger charge is 2.12. The van der Waals surface area contributed by atoms with E-state index in [4.69, 9.17) is 5.11 Å². The van der Waals surface area contributed by atoms with Crippen LogP contribution in [0.15, 0.2) is 18.2 Å². The summed E-state index contributed by atoms with van der Waals surface area (Å²) in [6.45, 7) is 3.51. The standard InChI is InChI=1S/C12H13NO4/c1-8-6-9(2)11(13(16)17)7-10(8)4-3-5-12(14)15/h3-4,6-7H,5H2,1-2H3,(H,14,15). The molecule has 0 saturated heterocycles. The first-order chi connectivity index (χ1) is 7.91. The maximum Gasteiger partial charge on any atom is 0.307 e. The molecule has 0 spiro atoms. The molecule has 90 valence electrons. The molecule has 1 rings (SSSR count). The monoisotopic (exact) mass is 235 g/mol. The van der Waals surface area contributed by atoms with Gasteiger partial charge in [-0.05, 0) is 31.0 Å². The number of hydrogen-bond acceptors (Lipinski definition) is 3. The van der Waals surface area contributed by atoms with E-state index in [-0.39, 0.29) is 12.1 Å². The van der Waals surface area contributed by atoms with Crippen LogP contribution in [-0.2, 0) is 4.79 Å². The molecule has 0 radical (unpaired) electrons. The van der Waals surface area contributed by atoms with Crippen molar-refractivity contribution in [2.24, 2.45) is 0 Å². The van der Waals surface area contributed by atoms with E-state index in [1.165, 1.54) is 12.1 Å². The van der Waals surface area contributed by atoms with Crippen molar-refractivity contribution in [2.45, 2.75) is 20.3 Å². The Morgan fingerprint density at radius 2 is 2.06 bits per heavy atom. The van der Waals surface area contributed by atoms with E-state index in [9.17, 15) is 14.9 Å². The van der Waals surface area contributed by atoms with Crippen molar-refractivity contribution >= 4 is 17.7 Å². The van der Waals surface area contributed by atoms with Crippen molar-refractivity contribution in [3.63, 3.8) is 0 Å². The van der Waals surface area contributed by atoms with Crippen LogP contribution in [0.5, 0.6) is 0 Å². The second-order valence-corrected chi connectivity index (χ2v) is 3.75. The van der Waals surface area contributed by atoms with Crippen molar-refractivity contribution in [1.29, 1.82) is 0 Å². The van der Waals surface area contributed by atoms with Crippen LogP contribution >= 0.6 is 0 Å². The Balaban J connectivity index is 3.07. The maximum absolute atomic E-state index is 10.8. The smallest absolute Gasteiger partial charge is 0.307 e. The number of hydrogen-bond donors (Lipinski definition) is 1. The number of nitro groups is 1. The summed E-state index contributed by atoms with van der Waals surface area (Å²) in [7, 11) is 0. The molecule has 0 amide bonds. The molecule has 5 nitrogen and oxygen atoms in total. The molecule has 0 fully saturated rings. The van der Waals surface area contributed by atoms with Gasteiger partial charge >= 0.3 is 5.97 Å². The van der Waals surface area contributed by atoms with Crippen LogP contribution in [0.1, 0.15) is 23.1 Å². The van der Waals surface area contributed by atoms with E-state index in [1.54, 1.807) is 19.1 Å². The minimum absolute atomic E-state index is 0.0468. The first-order valence-electron chi connectivity index (χ1n) is 5.05. The zero-order valence-corrected chi connectivity index (χ0v) is 9.64. The van der Waals surface area contributed by atoms with Crippen LogP contribution in [0.3, 0.4) is 0 Å². The number of rotatable bonds is 4. The molecule has 0 unspecified atom stereocenters. The molecule has 0 bridgehead atoms. The molecule has 0 heterocycles. The first-order valence-corrected chi connectivity index (χ1v) is 5.05. The normalized spacial score (nSPS) is 10.7. The summed E-state index contributed by atoms with van der Waals surface area (Å²) in [5.74, 6) is -0.930. The molecular weight excluding hydrogens is 222 g/mol. The average Bonchev–Trinajstić information content (AvgIpc) is 2.20. The van der Waals surface area contributed by atoms with Gasteiger partial charge in [-0.25, -0.2) is 0 Å². The molecule has 0 atom stereocenters. The number of aliphatic carboxylic acids is 1. The highest BCUT2D eigenvalue weighted by molar-refractivity contribution is 5.71. The maximum atomic E-state index is 10.8. The third-order valence-electron chi connectivity index (χ3n) is 2.37. The van der Waals surface area contributed by atoms with Crippen LogP contribution < -0.4 is 0 Å². The largest absolute Gasteiger partial charge is 0.481 e. The molecule has 0 aromatic heterocycles. The Morgan fingerprint density at radius 3 is 2.59 bits per heavy atom. The van der Waals surface area contributed by atoms with Gasteiger partial charge in [-0.1, -0.05) is 12.2 Å². The van der Waals surface area contributed by atoms with Crippen molar-refractivity contribution in [3.8, 4) is 0 Å². The average molecular weight is 235 g/mol. The third kappa shape index (κ3) is 3.41. The summed E-state index contributed by atoms with van der Waals surface area (Å²) in [5, 5.41) is 19.2. The second kappa shape index (κ2) is 5.25. The van der Waals surface area contributed by atoms with Crippen LogP contribution in [0.4, 0.5) is 5.69 Å². The molecule has 17 heavy (non-hydrogen) atoms. The molecule has 1 N–H and O–H groups in total. The highest BCUT2D eigenvalue weighted by Crippen LogP contribution is 2.23. The Labute approximate surface area is 98.5 Å². The lowest BCUT2D eigenvalue weighted by Gasteiger charge is -2.03. The van der Waals surface area contributed by atoms with E-state index in [0.717, 1.165) is 5.56 Å². The van der Waals surface area contributed by atoms with Gasteiger partial charge < -0.3 is 5.11 Å². The molecule has 0 aliphatic carbocycles. The molecular formula is C12H13NO4. The lowest BCUT2D eigenvalue weighted by molar-refractivity contribution is -0.385. The van der Waals surface area contributed by atoms with Gasteiger partial charge in [0.1, 0.15) is 0 Å². The van der Waals surface area contributed by atoms with E-state index < -0.39 is 10.9 Å². The van der Waals surface area contributed by atoms with Crippen LogP contribution in [0.2, 0.25) is 0 Å². The highest BCUT2D eigenvalue weighted by atomic mass is 16.6. The zero-order valence-electron chi connectivity index (χ0n) is 9.64. The van der Waals surface area contributed by atoms with Gasteiger partial charge in [-0.15, -0.1) is 0 Å². The minimum atomic E-state index is -0.930. The van der Waals surface area contributed by atoms with Crippen molar-refractivity contribution in [2.75, 3.05) is 0 Å². The summed E-state index contributed by atoms with van der Waals surface area (Å²) < 4.78 is 0. The fourth-order valence-corrected chi connectivity index (χ4v) is 1.52. The predicted octanol–water partition coefficient (Wildman–Crippen LogP) is 2.70. The summed E-state index contributed by atoms with van der Waals surface area (Å²) in [6, 6.07) is 3.18. The first kappa shape index (κ1) is 12.9. The van der Waals surface area contributed by atoms with Crippen molar-refractivity contribution in [3.05, 3.63) is 45.0 Å². The number of carboxylic acid groups (broad SMARTS) is 1. The summed E-state index contributed by atoms with van der Waals surface area (Å²) in [6.07, 6.45) is 2.97. The number of aryl methyl sites for hydroxylation is 2.